The molecule has 5 nitrogen and oxygen atoms in total. The van der Waals surface area contributed by atoms with E-state index in [0.29, 0.717) is 6.92 Å². The van der Waals surface area contributed by atoms with Gasteiger partial charge in [-0.05, 0) is 12.1 Å². The van der Waals surface area contributed by atoms with Crippen LogP contribution < -0.4 is 4.74 Å². The van der Waals surface area contributed by atoms with E-state index in [1.54, 1.807) is 0 Å². The maximum atomic E-state index is 13.8. The summed E-state index contributed by atoms with van der Waals surface area (Å²) in [6, 6.07) is 4.49. The number of aromatic carboxylic acids is 1. The summed E-state index contributed by atoms with van der Waals surface area (Å²) in [4.78, 5) is 22.0. The third-order valence-electron chi connectivity index (χ3n) is 3.57. The molecule has 0 saturated heterocycles. The Balaban J connectivity index is 3.13. The van der Waals surface area contributed by atoms with Crippen LogP contribution in [0.2, 0.25) is 0 Å². The average molecular weight is 456 g/mol. The molecule has 0 bridgehead atoms. The molecule has 1 rings (SSSR count). The first-order valence-electron chi connectivity index (χ1n) is 7.76. The smallest absolute Gasteiger partial charge is 0.460 e. The highest BCUT2D eigenvalue weighted by atomic mass is 19.4. The van der Waals surface area contributed by atoms with Gasteiger partial charge in [0.05, 0.1) is 6.42 Å². The van der Waals surface area contributed by atoms with Crippen LogP contribution in [0.5, 0.6) is 5.75 Å². The molecule has 170 valence electrons. The monoisotopic (exact) mass is 456 g/mol. The molecule has 0 heterocycles. The maximum absolute atomic E-state index is 13.8. The quantitative estimate of drug-likeness (QED) is 0.436. The molecule has 14 heteroatoms. The molecule has 0 spiro atoms. The third kappa shape index (κ3) is 5.27. The predicted octanol–water partition coefficient (Wildman–Crippen LogP) is 4.55. The fourth-order valence-electron chi connectivity index (χ4n) is 2.14. The van der Waals surface area contributed by atoms with E-state index in [1.807, 2.05) is 0 Å². The molecule has 0 aliphatic rings. The van der Waals surface area contributed by atoms with Gasteiger partial charge in [0.1, 0.15) is 24.0 Å². The number of carbonyl (C=O) groups is 2. The molecule has 1 aromatic carbocycles. The summed E-state index contributed by atoms with van der Waals surface area (Å²) in [6.45, 7) is -0.619. The van der Waals surface area contributed by atoms with Crippen LogP contribution in [0.1, 0.15) is 23.7 Å². The molecule has 0 aliphatic carbocycles. The number of ether oxygens (including phenoxy) is 2. The summed E-state index contributed by atoms with van der Waals surface area (Å²) >= 11 is 0. The van der Waals surface area contributed by atoms with Crippen LogP contribution in [0, 0.1) is 0 Å². The molecule has 1 N–H and O–H groups in total. The van der Waals surface area contributed by atoms with Crippen LogP contribution in [0.15, 0.2) is 24.3 Å². The van der Waals surface area contributed by atoms with E-state index in [1.165, 1.54) is 12.1 Å². The molecule has 0 aromatic heterocycles. The Labute approximate surface area is 162 Å². The zero-order chi connectivity index (χ0) is 23.5. The number of alkyl halides is 9. The Hall–Kier alpha value is -2.67. The predicted molar refractivity (Wildman–Crippen MR) is 80.0 cm³/mol. The molecular formula is C16H13F9O5. The fraction of sp³-hybridized carbons (Fsp3) is 0.500. The second-order valence-corrected chi connectivity index (χ2v) is 5.90. The minimum absolute atomic E-state index is 0.488. The van der Waals surface area contributed by atoms with Gasteiger partial charge in [-0.3, -0.25) is 4.79 Å². The molecule has 0 fully saturated rings. The molecule has 0 amide bonds. The molecular weight excluding hydrogens is 443 g/mol. The zero-order valence-electron chi connectivity index (χ0n) is 14.8. The molecule has 1 unspecified atom stereocenters. The minimum atomic E-state index is -7.10. The van der Waals surface area contributed by atoms with Crippen molar-refractivity contribution in [1.82, 2.24) is 0 Å². The van der Waals surface area contributed by atoms with Crippen LogP contribution in [0.4, 0.5) is 39.5 Å². The van der Waals surface area contributed by atoms with E-state index < -0.39 is 66.3 Å². The van der Waals surface area contributed by atoms with E-state index in [0.717, 1.165) is 12.1 Å². The van der Waals surface area contributed by atoms with E-state index in [2.05, 4.69) is 4.74 Å². The lowest BCUT2D eigenvalue weighted by atomic mass is 9.98. The molecule has 0 aliphatic heterocycles. The largest absolute Gasteiger partial charge is 0.489 e. The lowest BCUT2D eigenvalue weighted by Gasteiger charge is -2.35. The number of carboxylic acids is 1. The van der Waals surface area contributed by atoms with Crippen molar-refractivity contribution >= 4 is 11.9 Å². The summed E-state index contributed by atoms with van der Waals surface area (Å²) < 4.78 is 126. The van der Waals surface area contributed by atoms with E-state index in [4.69, 9.17) is 9.84 Å². The SMILES string of the molecule is CC(=O)OC(COc1ccccc1C(=O)O)CC(F)(F)C(F)(F)C(F)(F)C(F)(F)F. The first-order chi connectivity index (χ1) is 13.4. The van der Waals surface area contributed by atoms with Gasteiger partial charge in [-0.1, -0.05) is 12.1 Å². The zero-order valence-corrected chi connectivity index (χ0v) is 14.8. The van der Waals surface area contributed by atoms with Crippen molar-refractivity contribution in [2.45, 2.75) is 43.4 Å². The number of halogens is 9. The standard InChI is InChI=1S/C16H13F9O5/c1-8(26)30-9(7-29-11-5-3-2-4-10(11)12(27)28)6-13(17,18)14(19,20)15(21,22)16(23,24)25/h2-5,9H,6-7H2,1H3,(H,27,28). The molecule has 0 saturated carbocycles. The van der Waals surface area contributed by atoms with Crippen molar-refractivity contribution in [3.05, 3.63) is 29.8 Å². The lowest BCUT2D eigenvalue weighted by Crippen LogP contribution is -2.61. The summed E-state index contributed by atoms with van der Waals surface area (Å²) in [5.74, 6) is -23.4. The Bertz CT molecular complexity index is 777. The summed E-state index contributed by atoms with van der Waals surface area (Å²) in [5.41, 5.74) is -0.514. The lowest BCUT2D eigenvalue weighted by molar-refractivity contribution is -0.398. The van der Waals surface area contributed by atoms with E-state index in [-0.39, 0.29) is 0 Å². The Morgan fingerprint density at radius 2 is 1.50 bits per heavy atom. The van der Waals surface area contributed by atoms with Crippen LogP contribution in [-0.4, -0.2) is 53.7 Å². The third-order valence-corrected chi connectivity index (χ3v) is 3.57. The molecule has 1 aromatic rings. The van der Waals surface area contributed by atoms with Crippen molar-refractivity contribution in [3.63, 3.8) is 0 Å². The highest BCUT2D eigenvalue weighted by molar-refractivity contribution is 5.90. The van der Waals surface area contributed by atoms with Crippen LogP contribution in [0.25, 0.3) is 0 Å². The van der Waals surface area contributed by atoms with Gasteiger partial charge in [0, 0.05) is 6.92 Å². The van der Waals surface area contributed by atoms with Gasteiger partial charge in [-0.25, -0.2) is 4.79 Å². The van der Waals surface area contributed by atoms with Gasteiger partial charge in [0.15, 0.2) is 0 Å². The van der Waals surface area contributed by atoms with Crippen molar-refractivity contribution in [1.29, 1.82) is 0 Å². The van der Waals surface area contributed by atoms with Crippen molar-refractivity contribution in [2.75, 3.05) is 6.61 Å². The first kappa shape index (κ1) is 25.4. The highest BCUT2D eigenvalue weighted by Crippen LogP contribution is 2.54. The first-order valence-corrected chi connectivity index (χ1v) is 7.76. The minimum Gasteiger partial charge on any atom is -0.489 e. The topological polar surface area (TPSA) is 72.8 Å². The summed E-state index contributed by atoms with van der Waals surface area (Å²) in [7, 11) is 0. The molecule has 30 heavy (non-hydrogen) atoms. The summed E-state index contributed by atoms with van der Waals surface area (Å²) in [5, 5.41) is 8.96. The highest BCUT2D eigenvalue weighted by Gasteiger charge is 2.81. The average Bonchev–Trinajstić information content (AvgIpc) is 2.57. The number of benzene rings is 1. The van der Waals surface area contributed by atoms with Crippen molar-refractivity contribution in [3.8, 4) is 5.75 Å². The maximum Gasteiger partial charge on any atom is 0.460 e. The Morgan fingerprint density at radius 1 is 0.967 bits per heavy atom. The number of rotatable bonds is 9. The van der Waals surface area contributed by atoms with Crippen molar-refractivity contribution < 1.29 is 63.7 Å². The second-order valence-electron chi connectivity index (χ2n) is 5.90. The fourth-order valence-corrected chi connectivity index (χ4v) is 2.14. The molecule has 1 atom stereocenters. The summed E-state index contributed by atoms with van der Waals surface area (Å²) in [6.07, 6.45) is -11.9. The number of carboxylic acid groups (broad SMARTS) is 1. The van der Waals surface area contributed by atoms with E-state index in [9.17, 15) is 49.1 Å². The normalized spacial score (nSPS) is 14.2. The number of esters is 1. The van der Waals surface area contributed by atoms with Gasteiger partial charge >= 0.3 is 35.9 Å². The van der Waals surface area contributed by atoms with Crippen LogP contribution in [0.3, 0.4) is 0 Å². The molecule has 0 radical (unpaired) electrons. The number of hydrogen-bond acceptors (Lipinski definition) is 4. The van der Waals surface area contributed by atoms with Gasteiger partial charge in [-0.15, -0.1) is 0 Å². The number of hydrogen-bond donors (Lipinski definition) is 1. The van der Waals surface area contributed by atoms with Gasteiger partial charge in [0.25, 0.3) is 0 Å². The van der Waals surface area contributed by atoms with Gasteiger partial charge in [-0.2, -0.15) is 39.5 Å². The Morgan fingerprint density at radius 3 is 1.97 bits per heavy atom. The van der Waals surface area contributed by atoms with Gasteiger partial charge in [0.2, 0.25) is 0 Å². The second kappa shape index (κ2) is 8.60. The van der Waals surface area contributed by atoms with Crippen molar-refractivity contribution in [2.24, 2.45) is 0 Å². The van der Waals surface area contributed by atoms with Gasteiger partial charge < -0.3 is 14.6 Å². The Kier molecular flexibility index (Phi) is 7.27. The number of para-hydroxylation sites is 1. The van der Waals surface area contributed by atoms with Crippen LogP contribution >= 0.6 is 0 Å². The van der Waals surface area contributed by atoms with Crippen LogP contribution in [-0.2, 0) is 9.53 Å². The van der Waals surface area contributed by atoms with E-state index >= 15 is 0 Å². The number of carbonyl (C=O) groups excluding carboxylic acids is 1.